The number of aliphatic carboxylic acids is 1. The number of carbonyl (C=O) groups excluding carboxylic acids is 1. The van der Waals surface area contributed by atoms with Gasteiger partial charge in [-0.15, -0.1) is 0 Å². The molecule has 0 fully saturated rings. The van der Waals surface area contributed by atoms with E-state index in [-0.39, 0.29) is 5.91 Å². The number of aromatic nitrogens is 2. The maximum atomic E-state index is 12.5. The van der Waals surface area contributed by atoms with Crippen LogP contribution in [0.1, 0.15) is 27.0 Å². The summed E-state index contributed by atoms with van der Waals surface area (Å²) in [5.41, 5.74) is 4.88. The molecule has 1 aromatic heterocycles. The van der Waals surface area contributed by atoms with Crippen molar-refractivity contribution < 1.29 is 32.4 Å². The number of hydrogen-bond donors (Lipinski definition) is 3. The van der Waals surface area contributed by atoms with E-state index in [1.54, 1.807) is 6.07 Å². The highest BCUT2D eigenvalue weighted by Crippen LogP contribution is 2.22. The molecule has 31 heavy (non-hydrogen) atoms. The fourth-order valence-corrected chi connectivity index (χ4v) is 2.66. The van der Waals surface area contributed by atoms with Gasteiger partial charge >= 0.3 is 17.9 Å². The molecule has 0 aliphatic carbocycles. The molecule has 0 unspecified atom stereocenters. The Hall–Kier alpha value is -3.89. The van der Waals surface area contributed by atoms with Gasteiger partial charge in [-0.05, 0) is 56.7 Å². The van der Waals surface area contributed by atoms with Gasteiger partial charge < -0.3 is 10.4 Å². The maximum absolute atomic E-state index is 12.5. The second-order valence-corrected chi connectivity index (χ2v) is 6.66. The number of nitrogens with zero attached hydrogens (tertiary/aromatic N) is 1. The third-order valence-electron chi connectivity index (χ3n) is 3.78. The number of anilines is 1. The van der Waals surface area contributed by atoms with E-state index in [9.17, 15) is 22.8 Å². The van der Waals surface area contributed by atoms with E-state index in [0.717, 1.165) is 16.7 Å². The van der Waals surface area contributed by atoms with Crippen molar-refractivity contribution in [3.05, 3.63) is 69.2 Å². The molecule has 1 heterocycles. The number of carboxylic acids is 1. The predicted octanol–water partition coefficient (Wildman–Crippen LogP) is 3.84. The van der Waals surface area contributed by atoms with Crippen LogP contribution in [0.15, 0.2) is 45.7 Å². The molecule has 0 saturated carbocycles. The van der Waals surface area contributed by atoms with E-state index in [1.807, 2.05) is 51.1 Å². The van der Waals surface area contributed by atoms with Crippen molar-refractivity contribution in [2.75, 3.05) is 5.32 Å². The van der Waals surface area contributed by atoms with E-state index in [1.165, 1.54) is 0 Å². The summed E-state index contributed by atoms with van der Waals surface area (Å²) < 4.78 is 36.3. The predicted molar refractivity (Wildman–Crippen MR) is 105 cm³/mol. The third kappa shape index (κ3) is 6.84. The first-order valence-corrected chi connectivity index (χ1v) is 8.73. The second kappa shape index (κ2) is 9.28. The number of amides is 1. The molecule has 1 amide bonds. The van der Waals surface area contributed by atoms with Crippen LogP contribution in [-0.4, -0.2) is 33.3 Å². The van der Waals surface area contributed by atoms with E-state index in [2.05, 4.69) is 20.0 Å². The van der Waals surface area contributed by atoms with Crippen molar-refractivity contribution in [1.29, 1.82) is 0 Å². The van der Waals surface area contributed by atoms with Crippen LogP contribution in [0.2, 0.25) is 0 Å². The lowest BCUT2D eigenvalue weighted by Crippen LogP contribution is -2.21. The minimum absolute atomic E-state index is 0.188. The Morgan fingerprint density at radius 3 is 2.03 bits per heavy atom. The Morgan fingerprint density at radius 2 is 1.55 bits per heavy atom. The Morgan fingerprint density at radius 1 is 1.00 bits per heavy atom. The van der Waals surface area contributed by atoms with Crippen LogP contribution >= 0.6 is 0 Å². The van der Waals surface area contributed by atoms with Crippen molar-refractivity contribution in [1.82, 2.24) is 10.1 Å². The summed E-state index contributed by atoms with van der Waals surface area (Å²) in [7, 11) is 0. The number of benzene rings is 2. The number of carboxylic acid groups (broad SMARTS) is 1. The average Bonchev–Trinajstić information content (AvgIpc) is 3.06. The van der Waals surface area contributed by atoms with Gasteiger partial charge in [-0.25, -0.2) is 9.59 Å². The van der Waals surface area contributed by atoms with Crippen molar-refractivity contribution in [3.63, 3.8) is 0 Å². The van der Waals surface area contributed by atoms with Gasteiger partial charge in [0.05, 0.1) is 0 Å². The van der Waals surface area contributed by atoms with Gasteiger partial charge in [0.15, 0.2) is 5.82 Å². The molecule has 2 aromatic carbocycles. The summed E-state index contributed by atoms with van der Waals surface area (Å²) in [4.78, 5) is 35.0. The summed E-state index contributed by atoms with van der Waals surface area (Å²) >= 11 is 0. The fourth-order valence-electron chi connectivity index (χ4n) is 2.66. The lowest BCUT2D eigenvalue weighted by Gasteiger charge is -2.09. The smallest absolute Gasteiger partial charge is 0.475 e. The lowest BCUT2D eigenvalue weighted by molar-refractivity contribution is -0.192. The van der Waals surface area contributed by atoms with Crippen molar-refractivity contribution in [2.24, 2.45) is 0 Å². The Bertz CT molecular complexity index is 1150. The third-order valence-corrected chi connectivity index (χ3v) is 3.78. The van der Waals surface area contributed by atoms with Crippen molar-refractivity contribution in [2.45, 2.75) is 26.9 Å². The molecule has 0 spiro atoms. The standard InChI is InChI=1S/C18H17N3O3.C2HF3O2/c1-10-4-11(2)7-14(6-10)17(22)19-15-8-12(3)5-13(9-15)16-20-18(23)24-21-16;3-2(4,5)1(6)7/h4-9H,1-3H3,(H,19,22)(H,20,21,23);(H,6,7). The number of aromatic amines is 1. The number of halogens is 3. The summed E-state index contributed by atoms with van der Waals surface area (Å²) in [6.07, 6.45) is -5.08. The fraction of sp³-hybridized carbons (Fsp3) is 0.200. The first-order chi connectivity index (χ1) is 14.3. The largest absolute Gasteiger partial charge is 0.490 e. The van der Waals surface area contributed by atoms with Crippen LogP contribution in [0.25, 0.3) is 11.4 Å². The number of hydrogen-bond acceptors (Lipinski definition) is 5. The van der Waals surface area contributed by atoms with Crippen molar-refractivity contribution >= 4 is 17.6 Å². The summed E-state index contributed by atoms with van der Waals surface area (Å²) in [6, 6.07) is 11.1. The number of carbonyl (C=O) groups is 2. The van der Waals surface area contributed by atoms with Crippen molar-refractivity contribution in [3.8, 4) is 11.4 Å². The molecule has 11 heteroatoms. The Balaban J connectivity index is 0.000000423. The SMILES string of the molecule is Cc1cc(C)cc(C(=O)Nc2cc(C)cc(-c3noc(=O)[nH]3)c2)c1.O=C(O)C(F)(F)F. The molecule has 8 nitrogen and oxygen atoms in total. The monoisotopic (exact) mass is 437 g/mol. The molecule has 0 saturated heterocycles. The average molecular weight is 437 g/mol. The first kappa shape index (κ1) is 23.4. The van der Waals surface area contributed by atoms with Crippen LogP contribution in [0, 0.1) is 20.8 Å². The number of aryl methyl sites for hydroxylation is 3. The van der Waals surface area contributed by atoms with Gasteiger partial charge in [-0.1, -0.05) is 22.3 Å². The zero-order valence-electron chi connectivity index (χ0n) is 16.6. The molecular formula is C20H18F3N3O5. The van der Waals surface area contributed by atoms with Crippen LogP contribution in [0.5, 0.6) is 0 Å². The molecule has 0 aliphatic heterocycles. The Kier molecular flexibility index (Phi) is 7.00. The normalized spacial score (nSPS) is 10.8. The highest BCUT2D eigenvalue weighted by Gasteiger charge is 2.38. The number of H-pyrrole nitrogens is 1. The minimum Gasteiger partial charge on any atom is -0.475 e. The molecular weight excluding hydrogens is 419 g/mol. The van der Waals surface area contributed by atoms with Gasteiger partial charge in [0.25, 0.3) is 5.91 Å². The summed E-state index contributed by atoms with van der Waals surface area (Å²) in [6.45, 7) is 5.80. The van der Waals surface area contributed by atoms with Gasteiger partial charge in [0.2, 0.25) is 0 Å². The minimum atomic E-state index is -5.08. The molecule has 3 rings (SSSR count). The Labute approximate surface area is 173 Å². The van der Waals surface area contributed by atoms with E-state index in [4.69, 9.17) is 9.90 Å². The highest BCUT2D eigenvalue weighted by atomic mass is 19.4. The quantitative estimate of drug-likeness (QED) is 0.572. The number of rotatable bonds is 3. The van der Waals surface area contributed by atoms with Gasteiger partial charge in [0, 0.05) is 16.8 Å². The lowest BCUT2D eigenvalue weighted by atomic mass is 10.1. The molecule has 3 aromatic rings. The molecule has 0 atom stereocenters. The first-order valence-electron chi connectivity index (χ1n) is 8.73. The second-order valence-electron chi connectivity index (χ2n) is 6.66. The van der Waals surface area contributed by atoms with E-state index in [0.29, 0.717) is 22.6 Å². The van der Waals surface area contributed by atoms with Gasteiger partial charge in [-0.3, -0.25) is 14.3 Å². The molecule has 0 radical (unpaired) electrons. The van der Waals surface area contributed by atoms with E-state index >= 15 is 0 Å². The zero-order valence-corrected chi connectivity index (χ0v) is 16.6. The molecule has 3 N–H and O–H groups in total. The highest BCUT2D eigenvalue weighted by molar-refractivity contribution is 6.04. The number of alkyl halides is 3. The van der Waals surface area contributed by atoms with Crippen LogP contribution in [0.4, 0.5) is 18.9 Å². The van der Waals surface area contributed by atoms with Crippen LogP contribution in [0.3, 0.4) is 0 Å². The molecule has 164 valence electrons. The van der Waals surface area contributed by atoms with E-state index < -0.39 is 17.9 Å². The summed E-state index contributed by atoms with van der Waals surface area (Å²) in [5.74, 6) is -3.24. The molecule has 0 aliphatic rings. The zero-order chi connectivity index (χ0) is 23.3. The van der Waals surface area contributed by atoms with Gasteiger partial charge in [0.1, 0.15) is 0 Å². The van der Waals surface area contributed by atoms with Crippen LogP contribution in [-0.2, 0) is 4.79 Å². The molecule has 0 bridgehead atoms. The summed E-state index contributed by atoms with van der Waals surface area (Å²) in [5, 5.41) is 13.7. The number of nitrogens with one attached hydrogen (secondary N) is 2. The van der Waals surface area contributed by atoms with Crippen LogP contribution < -0.4 is 11.1 Å². The van der Waals surface area contributed by atoms with Gasteiger partial charge in [-0.2, -0.15) is 13.2 Å². The topological polar surface area (TPSA) is 125 Å². The maximum Gasteiger partial charge on any atom is 0.490 e.